The Morgan fingerprint density at radius 1 is 1.11 bits per heavy atom. The lowest BCUT2D eigenvalue weighted by Crippen LogP contribution is -2.61. The van der Waals surface area contributed by atoms with Gasteiger partial charge < -0.3 is 14.9 Å². The van der Waals surface area contributed by atoms with E-state index in [0.29, 0.717) is 54.1 Å². The summed E-state index contributed by atoms with van der Waals surface area (Å²) in [5.41, 5.74) is 0.291. The molecule has 2 aromatic carbocycles. The number of aryl methyl sites for hydroxylation is 1. The minimum atomic E-state index is -1.17. The first-order chi connectivity index (χ1) is 21.0. The van der Waals surface area contributed by atoms with Crippen molar-refractivity contribution in [3.63, 3.8) is 0 Å². The minimum Gasteiger partial charge on any atom is -0.507 e. The monoisotopic (exact) mass is 602 g/mol. The fourth-order valence-corrected chi connectivity index (χ4v) is 6.95. The van der Waals surface area contributed by atoms with Gasteiger partial charge in [0.15, 0.2) is 5.82 Å². The van der Waals surface area contributed by atoms with E-state index in [4.69, 9.17) is 0 Å². The van der Waals surface area contributed by atoms with Crippen LogP contribution >= 0.6 is 0 Å². The fourth-order valence-electron chi connectivity index (χ4n) is 6.95. The molecule has 2 atom stereocenters. The van der Waals surface area contributed by atoms with Crippen LogP contribution in [0.15, 0.2) is 54.0 Å². The first-order valence-electron chi connectivity index (χ1n) is 14.7. The number of halogens is 3. The number of pyridine rings is 2. The molecule has 2 aromatic heterocycles. The van der Waals surface area contributed by atoms with Crippen molar-refractivity contribution in [1.29, 1.82) is 0 Å². The number of nitrogens with zero attached hydrogens (tertiary/aromatic N) is 4. The van der Waals surface area contributed by atoms with Gasteiger partial charge in [0.05, 0.1) is 33.7 Å². The van der Waals surface area contributed by atoms with Crippen LogP contribution < -0.4 is 10.5 Å². The molecule has 1 saturated heterocycles. The zero-order chi connectivity index (χ0) is 31.6. The number of anilines is 1. The number of aromatic hydroxyl groups is 1. The number of aromatic nitrogens is 2. The van der Waals surface area contributed by atoms with Crippen LogP contribution in [0, 0.1) is 24.4 Å². The van der Waals surface area contributed by atoms with E-state index in [0.717, 1.165) is 18.2 Å². The predicted octanol–water partition coefficient (Wildman–Crippen LogP) is 6.15. The third-order valence-corrected chi connectivity index (χ3v) is 8.84. The minimum absolute atomic E-state index is 0.146. The molecule has 10 heteroatoms. The van der Waals surface area contributed by atoms with Gasteiger partial charge in [0.1, 0.15) is 17.4 Å². The third-order valence-electron chi connectivity index (χ3n) is 8.84. The summed E-state index contributed by atoms with van der Waals surface area (Å²) in [5.74, 6) is -4.25. The van der Waals surface area contributed by atoms with Gasteiger partial charge in [-0.1, -0.05) is 26.5 Å². The molecule has 0 saturated carbocycles. The smallest absolute Gasteiger partial charge is 0.261 e. The predicted molar refractivity (Wildman–Crippen MR) is 164 cm³/mol. The maximum absolute atomic E-state index is 17.1. The summed E-state index contributed by atoms with van der Waals surface area (Å²) in [5, 5.41) is 10.7. The van der Waals surface area contributed by atoms with Gasteiger partial charge in [-0.2, -0.15) is 0 Å². The Labute approximate surface area is 252 Å². The Kier molecular flexibility index (Phi) is 7.26. The van der Waals surface area contributed by atoms with Gasteiger partial charge in [0.2, 0.25) is 5.91 Å². The summed E-state index contributed by atoms with van der Waals surface area (Å²) >= 11 is 0. The summed E-state index contributed by atoms with van der Waals surface area (Å²) in [6, 6.07) is 5.76. The summed E-state index contributed by atoms with van der Waals surface area (Å²) in [6.45, 7) is 11.8. The number of amides is 1. The quantitative estimate of drug-likeness (QED) is 0.284. The second kappa shape index (κ2) is 10.8. The summed E-state index contributed by atoms with van der Waals surface area (Å²) in [7, 11) is 0. The topological polar surface area (TPSA) is 78.7 Å². The third kappa shape index (κ3) is 4.38. The number of piperazine rings is 1. The molecule has 6 rings (SSSR count). The zero-order valence-corrected chi connectivity index (χ0v) is 25.0. The van der Waals surface area contributed by atoms with Crippen molar-refractivity contribution in [2.24, 2.45) is 0 Å². The maximum atomic E-state index is 17.1. The number of phenols is 1. The van der Waals surface area contributed by atoms with Crippen molar-refractivity contribution in [3.05, 3.63) is 93.8 Å². The molecule has 1 fully saturated rings. The van der Waals surface area contributed by atoms with Crippen LogP contribution in [0.4, 0.5) is 18.9 Å². The summed E-state index contributed by atoms with van der Waals surface area (Å²) in [6.07, 6.45) is 3.76. The highest BCUT2D eigenvalue weighted by atomic mass is 19.1. The molecule has 44 heavy (non-hydrogen) atoms. The Balaban J connectivity index is 1.76. The Hall–Kier alpha value is -4.60. The van der Waals surface area contributed by atoms with E-state index >= 15 is 13.2 Å². The highest BCUT2D eigenvalue weighted by Crippen LogP contribution is 2.45. The molecule has 2 aliphatic heterocycles. The van der Waals surface area contributed by atoms with E-state index < -0.39 is 39.9 Å². The van der Waals surface area contributed by atoms with Crippen LogP contribution in [-0.2, 0) is 11.2 Å². The van der Waals surface area contributed by atoms with Crippen molar-refractivity contribution in [2.45, 2.75) is 58.5 Å². The van der Waals surface area contributed by atoms with Gasteiger partial charge in [0.25, 0.3) is 5.56 Å². The molecular weight excluding hydrogens is 569 g/mol. The maximum Gasteiger partial charge on any atom is 0.261 e. The lowest BCUT2D eigenvalue weighted by molar-refractivity contribution is -0.127. The van der Waals surface area contributed by atoms with Gasteiger partial charge >= 0.3 is 0 Å². The average molecular weight is 603 g/mol. The van der Waals surface area contributed by atoms with E-state index in [1.807, 2.05) is 25.7 Å². The molecule has 1 amide bonds. The number of phenolic OH excluding ortho intramolecular Hbond substituents is 1. The van der Waals surface area contributed by atoms with E-state index in [9.17, 15) is 14.7 Å². The highest BCUT2D eigenvalue weighted by molar-refractivity contribution is 5.99. The lowest BCUT2D eigenvalue weighted by Gasteiger charge is -2.50. The molecule has 0 spiro atoms. The first kappa shape index (κ1) is 29.5. The number of benzene rings is 2. The molecule has 2 unspecified atom stereocenters. The van der Waals surface area contributed by atoms with Gasteiger partial charge in [-0.05, 0) is 68.5 Å². The van der Waals surface area contributed by atoms with E-state index in [-0.39, 0.29) is 34.8 Å². The number of fused-ring (bicyclic) bond motifs is 5. The summed E-state index contributed by atoms with van der Waals surface area (Å²) in [4.78, 5) is 35.4. The molecule has 4 heterocycles. The number of rotatable bonds is 4. The lowest BCUT2D eigenvalue weighted by atomic mass is 9.89. The largest absolute Gasteiger partial charge is 0.507 e. The van der Waals surface area contributed by atoms with Crippen LogP contribution in [0.1, 0.15) is 49.9 Å². The average Bonchev–Trinajstić information content (AvgIpc) is 2.98. The van der Waals surface area contributed by atoms with Gasteiger partial charge in [-0.15, -0.1) is 0 Å². The van der Waals surface area contributed by atoms with Crippen LogP contribution in [0.2, 0.25) is 0 Å². The van der Waals surface area contributed by atoms with E-state index in [1.54, 1.807) is 24.1 Å². The first-order valence-corrected chi connectivity index (χ1v) is 14.7. The van der Waals surface area contributed by atoms with Crippen molar-refractivity contribution in [2.75, 3.05) is 18.0 Å². The van der Waals surface area contributed by atoms with Gasteiger partial charge in [0, 0.05) is 42.3 Å². The molecule has 2 aliphatic rings. The Morgan fingerprint density at radius 2 is 1.86 bits per heavy atom. The molecule has 0 radical (unpaired) electrons. The molecule has 7 nitrogen and oxygen atoms in total. The SMILES string of the molecule is C=CC(=O)N1CC(C)N2c3c(c(=O)n(-c4c(C)ccnc4C(C)C)c4c(F)c(-c5c(O)cccc5F)c(F)cc34)CCC2C1. The Morgan fingerprint density at radius 3 is 2.55 bits per heavy atom. The van der Waals surface area contributed by atoms with Crippen LogP contribution in [0.3, 0.4) is 0 Å². The summed E-state index contributed by atoms with van der Waals surface area (Å²) < 4.78 is 49.6. The van der Waals surface area contributed by atoms with Crippen molar-refractivity contribution in [3.8, 4) is 22.6 Å². The zero-order valence-electron chi connectivity index (χ0n) is 25.0. The van der Waals surface area contributed by atoms with Crippen LogP contribution in [0.5, 0.6) is 5.75 Å². The Bertz CT molecular complexity index is 1900. The molecular formula is C34H33F3N4O3. The molecule has 228 valence electrons. The van der Waals surface area contributed by atoms with E-state index in [2.05, 4.69) is 11.6 Å². The number of carbonyl (C=O) groups is 1. The normalized spacial score (nSPS) is 18.0. The van der Waals surface area contributed by atoms with Gasteiger partial charge in [-0.3, -0.25) is 19.1 Å². The second-order valence-corrected chi connectivity index (χ2v) is 12.0. The van der Waals surface area contributed by atoms with Crippen molar-refractivity contribution >= 4 is 22.5 Å². The van der Waals surface area contributed by atoms with Crippen molar-refractivity contribution < 1.29 is 23.1 Å². The number of carbonyl (C=O) groups excluding carboxylic acids is 1. The van der Waals surface area contributed by atoms with Crippen LogP contribution in [-0.4, -0.2) is 50.6 Å². The molecule has 4 aromatic rings. The highest BCUT2D eigenvalue weighted by Gasteiger charge is 2.41. The fraction of sp³-hybridized carbons (Fsp3) is 0.324. The van der Waals surface area contributed by atoms with Crippen molar-refractivity contribution in [1.82, 2.24) is 14.5 Å². The standard InChI is InChI=1S/C34H33F3N4O3/c1-6-26(43)39-15-19(5)40-20(16-39)10-11-21-32(40)22-14-24(36)28(27-23(35)8-7-9-25(27)42)29(37)33(22)41(34(21)44)31-18(4)12-13-38-30(31)17(2)3/h6-9,12-14,17,19-20,42H,1,10-11,15-16H2,2-5H3. The number of hydrogen-bond acceptors (Lipinski definition) is 5. The molecule has 0 bridgehead atoms. The second-order valence-electron chi connectivity index (χ2n) is 12.0. The van der Waals surface area contributed by atoms with E-state index in [1.165, 1.54) is 16.7 Å². The number of hydrogen-bond donors (Lipinski definition) is 1. The molecule has 0 aliphatic carbocycles. The van der Waals surface area contributed by atoms with Crippen LogP contribution in [0.25, 0.3) is 27.7 Å². The van der Waals surface area contributed by atoms with Gasteiger partial charge in [-0.25, -0.2) is 13.2 Å². The molecule has 1 N–H and O–H groups in total.